The molecule has 110 valence electrons. The fraction of sp³-hybridized carbons (Fsp3) is 0.765. The van der Waals surface area contributed by atoms with Gasteiger partial charge in [-0.15, -0.1) is 0 Å². The molecule has 0 unspecified atom stereocenters. The summed E-state index contributed by atoms with van der Waals surface area (Å²) in [7, 11) is 0. The van der Waals surface area contributed by atoms with Gasteiger partial charge in [-0.2, -0.15) is 5.26 Å². The Hall–Kier alpha value is -1.30. The summed E-state index contributed by atoms with van der Waals surface area (Å²) >= 11 is 0. The standard InChI is InChI=1S/C17H27N3/c1-11-14(16(2,3)4)13-8-12(9-18)10-20(13)15(19-11)17(5,6)7/h11-12H,8,10H2,1-7H3/t11-,12+/m1/s1. The van der Waals surface area contributed by atoms with Crippen LogP contribution in [0.4, 0.5) is 0 Å². The Morgan fingerprint density at radius 2 is 1.75 bits per heavy atom. The minimum absolute atomic E-state index is 0.0211. The van der Waals surface area contributed by atoms with Gasteiger partial charge < -0.3 is 4.90 Å². The number of fused-ring (bicyclic) bond motifs is 1. The Morgan fingerprint density at radius 3 is 2.20 bits per heavy atom. The van der Waals surface area contributed by atoms with Crippen molar-refractivity contribution in [3.05, 3.63) is 11.3 Å². The minimum Gasteiger partial charge on any atom is -0.332 e. The number of amidine groups is 1. The molecule has 2 rings (SSSR count). The van der Waals surface area contributed by atoms with E-state index in [0.29, 0.717) is 0 Å². The maximum atomic E-state index is 9.32. The van der Waals surface area contributed by atoms with Crippen LogP contribution in [0.15, 0.2) is 16.3 Å². The molecule has 0 saturated carbocycles. The molecule has 2 heterocycles. The smallest absolute Gasteiger partial charge is 0.109 e. The molecule has 0 amide bonds. The zero-order valence-electron chi connectivity index (χ0n) is 13.9. The molecule has 2 atom stereocenters. The van der Waals surface area contributed by atoms with Gasteiger partial charge in [-0.05, 0) is 17.9 Å². The van der Waals surface area contributed by atoms with E-state index in [1.807, 2.05) is 0 Å². The van der Waals surface area contributed by atoms with Gasteiger partial charge in [0.05, 0.1) is 18.0 Å². The van der Waals surface area contributed by atoms with Crippen molar-refractivity contribution < 1.29 is 0 Å². The van der Waals surface area contributed by atoms with Crippen molar-refractivity contribution in [2.45, 2.75) is 60.9 Å². The van der Waals surface area contributed by atoms with Gasteiger partial charge >= 0.3 is 0 Å². The number of hydrogen-bond acceptors (Lipinski definition) is 3. The predicted molar refractivity (Wildman–Crippen MR) is 83.3 cm³/mol. The van der Waals surface area contributed by atoms with Crippen LogP contribution in [0.3, 0.4) is 0 Å². The Bertz CT molecular complexity index is 506. The van der Waals surface area contributed by atoms with Crippen LogP contribution in [0.2, 0.25) is 0 Å². The average Bonchev–Trinajstić information content (AvgIpc) is 2.67. The van der Waals surface area contributed by atoms with E-state index >= 15 is 0 Å². The number of rotatable bonds is 0. The lowest BCUT2D eigenvalue weighted by Crippen LogP contribution is -2.43. The maximum Gasteiger partial charge on any atom is 0.109 e. The summed E-state index contributed by atoms with van der Waals surface area (Å²) in [5.41, 5.74) is 2.89. The molecular formula is C17H27N3. The highest BCUT2D eigenvalue weighted by Crippen LogP contribution is 2.43. The van der Waals surface area contributed by atoms with Crippen LogP contribution < -0.4 is 0 Å². The van der Waals surface area contributed by atoms with Gasteiger partial charge in [0.2, 0.25) is 0 Å². The highest BCUT2D eigenvalue weighted by Gasteiger charge is 2.42. The fourth-order valence-corrected chi connectivity index (χ4v) is 3.51. The lowest BCUT2D eigenvalue weighted by molar-refractivity contribution is 0.394. The SMILES string of the molecule is C[C@H]1N=C(C(C)(C)C)N2C[C@H](C#N)CC2=C1C(C)(C)C. The van der Waals surface area contributed by atoms with Gasteiger partial charge in [0.15, 0.2) is 0 Å². The second-order valence-corrected chi connectivity index (χ2v) is 8.13. The van der Waals surface area contributed by atoms with Crippen molar-refractivity contribution in [3.8, 4) is 6.07 Å². The van der Waals surface area contributed by atoms with Crippen LogP contribution in [0.5, 0.6) is 0 Å². The number of aliphatic imine (C=N–C) groups is 1. The molecule has 0 radical (unpaired) electrons. The summed E-state index contributed by atoms with van der Waals surface area (Å²) in [5, 5.41) is 9.32. The topological polar surface area (TPSA) is 39.4 Å². The van der Waals surface area contributed by atoms with Gasteiger partial charge in [0.25, 0.3) is 0 Å². The summed E-state index contributed by atoms with van der Waals surface area (Å²) < 4.78 is 0. The van der Waals surface area contributed by atoms with Gasteiger partial charge in [-0.1, -0.05) is 41.5 Å². The predicted octanol–water partition coefficient (Wildman–Crippen LogP) is 3.98. The minimum atomic E-state index is 0.0211. The first-order valence-electron chi connectivity index (χ1n) is 7.54. The van der Waals surface area contributed by atoms with Gasteiger partial charge in [-0.3, -0.25) is 4.99 Å². The quantitative estimate of drug-likeness (QED) is 0.669. The molecule has 0 aliphatic carbocycles. The van der Waals surface area contributed by atoms with E-state index in [1.54, 1.807) is 0 Å². The number of allylic oxidation sites excluding steroid dienone is 1. The van der Waals surface area contributed by atoms with Crippen LogP contribution in [-0.2, 0) is 0 Å². The van der Waals surface area contributed by atoms with Crippen molar-refractivity contribution >= 4 is 5.84 Å². The molecule has 0 N–H and O–H groups in total. The van der Waals surface area contributed by atoms with Crippen LogP contribution in [0.25, 0.3) is 0 Å². The van der Waals surface area contributed by atoms with E-state index in [4.69, 9.17) is 4.99 Å². The number of nitrogens with zero attached hydrogens (tertiary/aromatic N) is 3. The second kappa shape index (κ2) is 4.62. The molecule has 0 aromatic rings. The maximum absolute atomic E-state index is 9.32. The van der Waals surface area contributed by atoms with E-state index in [0.717, 1.165) is 18.8 Å². The Balaban J connectivity index is 2.54. The van der Waals surface area contributed by atoms with Gasteiger partial charge in [-0.25, -0.2) is 0 Å². The molecule has 0 aromatic heterocycles. The Labute approximate surface area is 123 Å². The van der Waals surface area contributed by atoms with E-state index in [2.05, 4.69) is 59.4 Å². The van der Waals surface area contributed by atoms with Gasteiger partial charge in [0.1, 0.15) is 5.84 Å². The molecule has 1 fully saturated rings. The lowest BCUT2D eigenvalue weighted by atomic mass is 9.79. The molecule has 0 aromatic carbocycles. The molecule has 1 saturated heterocycles. The monoisotopic (exact) mass is 273 g/mol. The Morgan fingerprint density at radius 1 is 1.15 bits per heavy atom. The molecule has 2 aliphatic heterocycles. The summed E-state index contributed by atoms with van der Waals surface area (Å²) in [6, 6.07) is 2.66. The number of hydrogen-bond donors (Lipinski definition) is 0. The molecule has 3 nitrogen and oxygen atoms in total. The average molecular weight is 273 g/mol. The normalized spacial score (nSPS) is 27.3. The summed E-state index contributed by atoms with van der Waals surface area (Å²) in [5.74, 6) is 1.24. The first kappa shape index (κ1) is 15.1. The molecule has 3 heteroatoms. The van der Waals surface area contributed by atoms with Crippen LogP contribution in [0, 0.1) is 28.1 Å². The van der Waals surface area contributed by atoms with Crippen LogP contribution in [-0.4, -0.2) is 23.3 Å². The van der Waals surface area contributed by atoms with Crippen molar-refractivity contribution in [3.63, 3.8) is 0 Å². The third-order valence-corrected chi connectivity index (χ3v) is 4.13. The van der Waals surface area contributed by atoms with Crippen molar-refractivity contribution in [1.82, 2.24) is 4.90 Å². The van der Waals surface area contributed by atoms with E-state index in [-0.39, 0.29) is 22.8 Å². The third-order valence-electron chi connectivity index (χ3n) is 4.13. The lowest BCUT2D eigenvalue weighted by Gasteiger charge is -2.41. The van der Waals surface area contributed by atoms with Crippen LogP contribution >= 0.6 is 0 Å². The van der Waals surface area contributed by atoms with E-state index in [9.17, 15) is 5.26 Å². The molecule has 0 spiro atoms. The van der Waals surface area contributed by atoms with Crippen LogP contribution in [0.1, 0.15) is 54.9 Å². The first-order valence-corrected chi connectivity index (χ1v) is 7.54. The summed E-state index contributed by atoms with van der Waals surface area (Å²) in [6.07, 6.45) is 0.878. The van der Waals surface area contributed by atoms with Crippen molar-refractivity contribution in [2.75, 3.05) is 6.54 Å². The summed E-state index contributed by atoms with van der Waals surface area (Å²) in [4.78, 5) is 7.32. The van der Waals surface area contributed by atoms with E-state index < -0.39 is 0 Å². The summed E-state index contributed by atoms with van der Waals surface area (Å²) in [6.45, 7) is 16.4. The highest BCUT2D eigenvalue weighted by molar-refractivity contribution is 5.90. The van der Waals surface area contributed by atoms with Crippen molar-refractivity contribution in [2.24, 2.45) is 21.7 Å². The zero-order valence-corrected chi connectivity index (χ0v) is 13.9. The molecule has 2 aliphatic rings. The Kier molecular flexibility index (Phi) is 3.48. The highest BCUT2D eigenvalue weighted by atomic mass is 15.3. The molecule has 0 bridgehead atoms. The third kappa shape index (κ3) is 2.49. The van der Waals surface area contributed by atoms with E-state index in [1.165, 1.54) is 11.3 Å². The van der Waals surface area contributed by atoms with Gasteiger partial charge in [0, 0.05) is 24.1 Å². The zero-order chi connectivity index (χ0) is 15.3. The van der Waals surface area contributed by atoms with Crippen molar-refractivity contribution in [1.29, 1.82) is 5.26 Å². The first-order chi connectivity index (χ1) is 9.05. The largest absolute Gasteiger partial charge is 0.332 e. The number of nitriles is 1. The molecular weight excluding hydrogens is 246 g/mol. The molecule has 20 heavy (non-hydrogen) atoms. The second-order valence-electron chi connectivity index (χ2n) is 8.13. The fourth-order valence-electron chi connectivity index (χ4n) is 3.51.